The van der Waals surface area contributed by atoms with Crippen LogP contribution in [0.1, 0.15) is 48.2 Å². The third-order valence-electron chi connectivity index (χ3n) is 3.80. The number of nitrogens with one attached hydrogen (secondary N) is 2. The fourth-order valence-electron chi connectivity index (χ4n) is 2.63. The average molecular weight is 375 g/mol. The van der Waals surface area contributed by atoms with E-state index in [1.807, 2.05) is 0 Å². The first kappa shape index (κ1) is 16.8. The quantitative estimate of drug-likeness (QED) is 0.591. The lowest BCUT2D eigenvalue weighted by Gasteiger charge is -2.16. The minimum Gasteiger partial charge on any atom is -0.495 e. The highest BCUT2D eigenvalue weighted by Gasteiger charge is 2.14. The Balaban J connectivity index is 1.68. The molecule has 0 saturated heterocycles. The highest BCUT2D eigenvalue weighted by atomic mass is 79.9. The Morgan fingerprint density at radius 1 is 1.33 bits per heavy atom. The molecule has 1 amide bonds. The van der Waals surface area contributed by atoms with E-state index in [4.69, 9.17) is 4.74 Å². The summed E-state index contributed by atoms with van der Waals surface area (Å²) in [5.41, 5.74) is 0. The largest absolute Gasteiger partial charge is 0.495 e. The van der Waals surface area contributed by atoms with Gasteiger partial charge >= 0.3 is 0 Å². The monoisotopic (exact) mass is 374 g/mol. The average Bonchev–Trinajstić information content (AvgIpc) is 2.70. The van der Waals surface area contributed by atoms with Gasteiger partial charge in [-0.3, -0.25) is 4.79 Å². The van der Waals surface area contributed by atoms with Gasteiger partial charge in [0.1, 0.15) is 9.54 Å². The molecule has 1 saturated carbocycles. The van der Waals surface area contributed by atoms with Gasteiger partial charge in [-0.15, -0.1) is 11.3 Å². The molecule has 0 bridgehead atoms. The van der Waals surface area contributed by atoms with Crippen LogP contribution in [-0.4, -0.2) is 32.1 Å². The minimum atomic E-state index is -0.0355. The van der Waals surface area contributed by atoms with Crippen molar-refractivity contribution in [2.75, 3.05) is 20.2 Å². The molecular formula is C15H23BrN2O2S. The second-order valence-electron chi connectivity index (χ2n) is 5.35. The lowest BCUT2D eigenvalue weighted by molar-refractivity contribution is 0.0957. The molecule has 1 aliphatic carbocycles. The van der Waals surface area contributed by atoms with Crippen molar-refractivity contribution in [1.82, 2.24) is 10.6 Å². The van der Waals surface area contributed by atoms with Crippen LogP contribution >= 0.6 is 27.3 Å². The first-order valence-electron chi connectivity index (χ1n) is 7.55. The van der Waals surface area contributed by atoms with Crippen molar-refractivity contribution in [3.63, 3.8) is 0 Å². The van der Waals surface area contributed by atoms with E-state index in [-0.39, 0.29) is 5.91 Å². The van der Waals surface area contributed by atoms with Crippen LogP contribution in [0, 0.1) is 0 Å². The molecule has 4 nitrogen and oxygen atoms in total. The van der Waals surface area contributed by atoms with Crippen molar-refractivity contribution in [3.05, 3.63) is 14.7 Å². The molecule has 1 fully saturated rings. The molecule has 0 aromatic carbocycles. The van der Waals surface area contributed by atoms with E-state index in [1.54, 1.807) is 13.2 Å². The summed E-state index contributed by atoms with van der Waals surface area (Å²) in [5.74, 6) is 0.674. The molecule has 1 heterocycles. The number of thiophene rings is 1. The number of ether oxygens (including phenoxy) is 1. The molecule has 21 heavy (non-hydrogen) atoms. The topological polar surface area (TPSA) is 50.4 Å². The molecular weight excluding hydrogens is 352 g/mol. The Morgan fingerprint density at radius 2 is 2.05 bits per heavy atom. The molecule has 0 atom stereocenters. The van der Waals surface area contributed by atoms with E-state index >= 15 is 0 Å². The zero-order valence-electron chi connectivity index (χ0n) is 12.4. The number of hydrogen-bond donors (Lipinski definition) is 2. The van der Waals surface area contributed by atoms with Crippen LogP contribution in [0.2, 0.25) is 0 Å². The van der Waals surface area contributed by atoms with Gasteiger partial charge < -0.3 is 15.4 Å². The SMILES string of the molecule is COc1cc(C(=O)NCCNC2CCCCCC2)sc1Br. The first-order valence-corrected chi connectivity index (χ1v) is 9.16. The van der Waals surface area contributed by atoms with E-state index in [2.05, 4.69) is 26.6 Å². The number of amides is 1. The van der Waals surface area contributed by atoms with Crippen molar-refractivity contribution >= 4 is 33.2 Å². The standard InChI is InChI=1S/C15H23BrN2O2S/c1-20-12-10-13(21-14(12)16)15(19)18-9-8-17-11-6-4-2-3-5-7-11/h10-11,17H,2-9H2,1H3,(H,18,19). The number of carbonyl (C=O) groups excluding carboxylic acids is 1. The van der Waals surface area contributed by atoms with Gasteiger partial charge in [-0.1, -0.05) is 25.7 Å². The predicted octanol–water partition coefficient (Wildman–Crippen LogP) is 3.56. The van der Waals surface area contributed by atoms with Crippen LogP contribution in [0.5, 0.6) is 5.75 Å². The summed E-state index contributed by atoms with van der Waals surface area (Å²) in [6, 6.07) is 2.39. The third kappa shape index (κ3) is 5.27. The number of carbonyl (C=O) groups is 1. The molecule has 0 unspecified atom stereocenters. The van der Waals surface area contributed by atoms with Gasteiger partial charge in [-0.2, -0.15) is 0 Å². The summed E-state index contributed by atoms with van der Waals surface area (Å²) in [6.45, 7) is 1.49. The predicted molar refractivity (Wildman–Crippen MR) is 90.4 cm³/mol. The van der Waals surface area contributed by atoms with E-state index in [9.17, 15) is 4.79 Å². The van der Waals surface area contributed by atoms with Crippen molar-refractivity contribution in [3.8, 4) is 5.75 Å². The second kappa shape index (κ2) is 8.76. The maximum Gasteiger partial charge on any atom is 0.261 e. The van der Waals surface area contributed by atoms with Gasteiger partial charge in [0.05, 0.1) is 12.0 Å². The Hall–Kier alpha value is -0.590. The zero-order chi connectivity index (χ0) is 15.1. The fraction of sp³-hybridized carbons (Fsp3) is 0.667. The summed E-state index contributed by atoms with van der Waals surface area (Å²) < 4.78 is 6.02. The molecule has 1 aromatic heterocycles. The normalized spacial score (nSPS) is 16.5. The molecule has 2 rings (SSSR count). The molecule has 2 N–H and O–H groups in total. The zero-order valence-corrected chi connectivity index (χ0v) is 14.8. The van der Waals surface area contributed by atoms with Crippen LogP contribution in [-0.2, 0) is 0 Å². The fourth-order valence-corrected chi connectivity index (χ4v) is 4.19. The highest BCUT2D eigenvalue weighted by molar-refractivity contribution is 9.11. The Labute approximate surface area is 138 Å². The van der Waals surface area contributed by atoms with Gasteiger partial charge in [-0.05, 0) is 28.8 Å². The van der Waals surface area contributed by atoms with Gasteiger partial charge in [0.25, 0.3) is 5.91 Å². The van der Waals surface area contributed by atoms with Gasteiger partial charge in [0.2, 0.25) is 0 Å². The lowest BCUT2D eigenvalue weighted by Crippen LogP contribution is -2.36. The lowest BCUT2D eigenvalue weighted by atomic mass is 10.1. The van der Waals surface area contributed by atoms with Crippen LogP contribution < -0.4 is 15.4 Å². The number of rotatable bonds is 6. The molecule has 0 aliphatic heterocycles. The van der Waals surface area contributed by atoms with Crippen molar-refractivity contribution in [2.45, 2.75) is 44.6 Å². The number of methoxy groups -OCH3 is 1. The van der Waals surface area contributed by atoms with Crippen LogP contribution in [0.25, 0.3) is 0 Å². The molecule has 0 radical (unpaired) electrons. The molecule has 6 heteroatoms. The third-order valence-corrected chi connectivity index (χ3v) is 5.58. The van der Waals surface area contributed by atoms with Gasteiger partial charge in [0.15, 0.2) is 0 Å². The molecule has 1 aromatic rings. The maximum atomic E-state index is 12.0. The highest BCUT2D eigenvalue weighted by Crippen LogP contribution is 2.34. The first-order chi connectivity index (χ1) is 10.2. The molecule has 0 spiro atoms. The molecule has 118 valence electrons. The minimum absolute atomic E-state index is 0.0355. The Kier molecular flexibility index (Phi) is 6.99. The van der Waals surface area contributed by atoms with Gasteiger partial charge in [-0.25, -0.2) is 0 Å². The summed E-state index contributed by atoms with van der Waals surface area (Å²) >= 11 is 4.78. The van der Waals surface area contributed by atoms with E-state index in [0.29, 0.717) is 23.2 Å². The van der Waals surface area contributed by atoms with E-state index < -0.39 is 0 Å². The number of hydrogen-bond acceptors (Lipinski definition) is 4. The maximum absolute atomic E-state index is 12.0. The summed E-state index contributed by atoms with van der Waals surface area (Å²) in [6.07, 6.45) is 7.92. The molecule has 1 aliphatic rings. The summed E-state index contributed by atoms with van der Waals surface area (Å²) in [4.78, 5) is 12.7. The van der Waals surface area contributed by atoms with Crippen molar-refractivity contribution in [2.24, 2.45) is 0 Å². The van der Waals surface area contributed by atoms with E-state index in [1.165, 1.54) is 49.9 Å². The van der Waals surface area contributed by atoms with Gasteiger partial charge in [0, 0.05) is 25.2 Å². The van der Waals surface area contributed by atoms with Crippen LogP contribution in [0.15, 0.2) is 9.85 Å². The smallest absolute Gasteiger partial charge is 0.261 e. The van der Waals surface area contributed by atoms with Crippen molar-refractivity contribution in [1.29, 1.82) is 0 Å². The van der Waals surface area contributed by atoms with Crippen LogP contribution in [0.3, 0.4) is 0 Å². The van der Waals surface area contributed by atoms with Crippen LogP contribution in [0.4, 0.5) is 0 Å². The second-order valence-corrected chi connectivity index (χ2v) is 7.72. The summed E-state index contributed by atoms with van der Waals surface area (Å²) in [5, 5.41) is 6.50. The van der Waals surface area contributed by atoms with E-state index in [0.717, 1.165) is 10.3 Å². The summed E-state index contributed by atoms with van der Waals surface area (Å²) in [7, 11) is 1.60. The van der Waals surface area contributed by atoms with Crippen molar-refractivity contribution < 1.29 is 9.53 Å². The number of halogens is 1. The Bertz CT molecular complexity index is 457. The Morgan fingerprint density at radius 3 is 2.67 bits per heavy atom.